The summed E-state index contributed by atoms with van der Waals surface area (Å²) in [6.45, 7) is 4.17. The third-order valence-corrected chi connectivity index (χ3v) is 2.98. The summed E-state index contributed by atoms with van der Waals surface area (Å²) in [6.07, 6.45) is 3.77. The molecule has 1 aliphatic rings. The Morgan fingerprint density at radius 1 is 1.56 bits per heavy atom. The number of nitrogens with one attached hydrogen (secondary N) is 2. The summed E-state index contributed by atoms with van der Waals surface area (Å²) in [5.41, 5.74) is 0.512. The average molecular weight is 249 g/mol. The topological polar surface area (TPSA) is 63.2 Å². The summed E-state index contributed by atoms with van der Waals surface area (Å²) in [5, 5.41) is 6.64. The highest BCUT2D eigenvalue weighted by Gasteiger charge is 2.18. The maximum atomic E-state index is 11.8. The van der Waals surface area contributed by atoms with E-state index in [0.29, 0.717) is 24.0 Å². The lowest BCUT2D eigenvalue weighted by molar-refractivity contribution is 0.0527. The number of hydrogen-bond donors (Lipinski definition) is 2. The predicted octanol–water partition coefficient (Wildman–Crippen LogP) is 1.42. The second-order valence-electron chi connectivity index (χ2n) is 4.29. The third kappa shape index (κ3) is 3.20. The number of hydrogen-bond acceptors (Lipinski definition) is 5. The molecule has 5 nitrogen and oxygen atoms in total. The van der Waals surface area contributed by atoms with Crippen LogP contribution in [0.15, 0.2) is 18.3 Å². The zero-order chi connectivity index (χ0) is 12.8. The van der Waals surface area contributed by atoms with Crippen molar-refractivity contribution in [1.29, 1.82) is 0 Å². The zero-order valence-electron chi connectivity index (χ0n) is 10.6. The Bertz CT molecular complexity index is 403. The lowest BCUT2D eigenvalue weighted by Crippen LogP contribution is -2.35. The highest BCUT2D eigenvalue weighted by Crippen LogP contribution is 2.16. The highest BCUT2D eigenvalue weighted by molar-refractivity contribution is 5.94. The summed E-state index contributed by atoms with van der Waals surface area (Å²) >= 11 is 0. The Morgan fingerprint density at radius 2 is 2.33 bits per heavy atom. The van der Waals surface area contributed by atoms with E-state index >= 15 is 0 Å². The van der Waals surface area contributed by atoms with Gasteiger partial charge in [-0.25, -0.2) is 9.78 Å². The maximum Gasteiger partial charge on any atom is 0.341 e. The number of rotatable bonds is 4. The van der Waals surface area contributed by atoms with Crippen LogP contribution in [-0.4, -0.2) is 36.7 Å². The molecule has 0 aliphatic carbocycles. The van der Waals surface area contributed by atoms with Crippen molar-refractivity contribution in [3.05, 3.63) is 23.9 Å². The molecule has 2 rings (SSSR count). The molecular weight excluding hydrogens is 230 g/mol. The van der Waals surface area contributed by atoms with E-state index in [4.69, 9.17) is 4.74 Å². The molecule has 2 N–H and O–H groups in total. The van der Waals surface area contributed by atoms with Crippen molar-refractivity contribution in [3.8, 4) is 0 Å². The van der Waals surface area contributed by atoms with Gasteiger partial charge in [0.2, 0.25) is 0 Å². The van der Waals surface area contributed by atoms with Crippen molar-refractivity contribution in [2.24, 2.45) is 0 Å². The number of carbonyl (C=O) groups is 1. The van der Waals surface area contributed by atoms with Crippen LogP contribution >= 0.6 is 0 Å². The van der Waals surface area contributed by atoms with Crippen LogP contribution in [0.4, 0.5) is 5.82 Å². The first-order valence-electron chi connectivity index (χ1n) is 6.40. The van der Waals surface area contributed by atoms with Gasteiger partial charge in [0.05, 0.1) is 6.61 Å². The maximum absolute atomic E-state index is 11.8. The van der Waals surface area contributed by atoms with E-state index < -0.39 is 0 Å². The van der Waals surface area contributed by atoms with Crippen molar-refractivity contribution < 1.29 is 9.53 Å². The largest absolute Gasteiger partial charge is 0.462 e. The number of esters is 1. The van der Waals surface area contributed by atoms with Crippen molar-refractivity contribution in [2.75, 3.05) is 25.0 Å². The number of pyridine rings is 1. The zero-order valence-corrected chi connectivity index (χ0v) is 10.6. The van der Waals surface area contributed by atoms with Gasteiger partial charge in [0, 0.05) is 12.2 Å². The van der Waals surface area contributed by atoms with Gasteiger partial charge in [0.15, 0.2) is 0 Å². The van der Waals surface area contributed by atoms with Gasteiger partial charge in [-0.1, -0.05) is 0 Å². The first-order valence-corrected chi connectivity index (χ1v) is 6.40. The van der Waals surface area contributed by atoms with E-state index in [9.17, 15) is 4.79 Å². The van der Waals surface area contributed by atoms with Crippen LogP contribution in [0.2, 0.25) is 0 Å². The Hall–Kier alpha value is -1.62. The molecule has 1 aromatic rings. The molecule has 0 bridgehead atoms. The summed E-state index contributed by atoms with van der Waals surface area (Å²) in [7, 11) is 0. The number of carbonyl (C=O) groups excluding carboxylic acids is 1. The molecular formula is C13H19N3O2. The quantitative estimate of drug-likeness (QED) is 0.790. The normalized spacial score (nSPS) is 16.3. The van der Waals surface area contributed by atoms with Crippen LogP contribution in [0.1, 0.15) is 30.1 Å². The van der Waals surface area contributed by atoms with E-state index in [1.807, 2.05) is 0 Å². The molecule has 98 valence electrons. The number of piperidine rings is 1. The molecule has 18 heavy (non-hydrogen) atoms. The Morgan fingerprint density at radius 3 is 3.06 bits per heavy atom. The summed E-state index contributed by atoms with van der Waals surface area (Å²) in [4.78, 5) is 16.0. The molecule has 1 aliphatic heterocycles. The fraction of sp³-hybridized carbons (Fsp3) is 0.538. The van der Waals surface area contributed by atoms with E-state index in [-0.39, 0.29) is 5.97 Å². The minimum atomic E-state index is -0.318. The standard InChI is InChI=1S/C13H19N3O2/c1-2-18-13(17)11-4-3-7-15-12(11)16-10-5-8-14-9-6-10/h3-4,7,10,14H,2,5-6,8-9H2,1H3,(H,15,16). The molecule has 0 amide bonds. The van der Waals surface area contributed by atoms with Crippen LogP contribution < -0.4 is 10.6 Å². The van der Waals surface area contributed by atoms with Gasteiger partial charge < -0.3 is 15.4 Å². The molecule has 5 heteroatoms. The van der Waals surface area contributed by atoms with Crippen LogP contribution in [0.5, 0.6) is 0 Å². The Balaban J connectivity index is 2.08. The van der Waals surface area contributed by atoms with E-state index in [0.717, 1.165) is 25.9 Å². The SMILES string of the molecule is CCOC(=O)c1cccnc1NC1CCNCC1. The van der Waals surface area contributed by atoms with Gasteiger partial charge >= 0.3 is 5.97 Å². The minimum absolute atomic E-state index is 0.318. The summed E-state index contributed by atoms with van der Waals surface area (Å²) < 4.78 is 5.03. The smallest absolute Gasteiger partial charge is 0.341 e. The fourth-order valence-electron chi connectivity index (χ4n) is 2.05. The molecule has 0 radical (unpaired) electrons. The fourth-order valence-corrected chi connectivity index (χ4v) is 2.05. The molecule has 1 aromatic heterocycles. The third-order valence-electron chi connectivity index (χ3n) is 2.98. The van der Waals surface area contributed by atoms with Gasteiger partial charge in [0.1, 0.15) is 11.4 Å². The average Bonchev–Trinajstić information content (AvgIpc) is 2.41. The monoisotopic (exact) mass is 249 g/mol. The number of aromatic nitrogens is 1. The van der Waals surface area contributed by atoms with Crippen LogP contribution in [-0.2, 0) is 4.74 Å². The predicted molar refractivity (Wildman–Crippen MR) is 69.7 cm³/mol. The minimum Gasteiger partial charge on any atom is -0.462 e. The van der Waals surface area contributed by atoms with Gasteiger partial charge in [-0.05, 0) is 45.0 Å². The van der Waals surface area contributed by atoms with Crippen molar-refractivity contribution in [3.63, 3.8) is 0 Å². The molecule has 0 aromatic carbocycles. The van der Waals surface area contributed by atoms with E-state index in [1.165, 1.54) is 0 Å². The van der Waals surface area contributed by atoms with Crippen LogP contribution in [0, 0.1) is 0 Å². The Labute approximate surface area is 107 Å². The first kappa shape index (κ1) is 12.8. The van der Waals surface area contributed by atoms with E-state index in [1.54, 1.807) is 25.3 Å². The molecule has 0 spiro atoms. The lowest BCUT2D eigenvalue weighted by atomic mass is 10.1. The summed E-state index contributed by atoms with van der Waals surface area (Å²) in [5.74, 6) is 0.310. The van der Waals surface area contributed by atoms with Gasteiger partial charge in [-0.3, -0.25) is 0 Å². The second-order valence-corrected chi connectivity index (χ2v) is 4.29. The van der Waals surface area contributed by atoms with Crippen molar-refractivity contribution in [2.45, 2.75) is 25.8 Å². The lowest BCUT2D eigenvalue weighted by Gasteiger charge is -2.24. The van der Waals surface area contributed by atoms with Crippen molar-refractivity contribution in [1.82, 2.24) is 10.3 Å². The van der Waals surface area contributed by atoms with Crippen LogP contribution in [0.3, 0.4) is 0 Å². The van der Waals surface area contributed by atoms with Crippen LogP contribution in [0.25, 0.3) is 0 Å². The molecule has 1 fully saturated rings. The highest BCUT2D eigenvalue weighted by atomic mass is 16.5. The summed E-state index contributed by atoms with van der Waals surface area (Å²) in [6, 6.07) is 3.86. The van der Waals surface area contributed by atoms with Gasteiger partial charge in [-0.2, -0.15) is 0 Å². The molecule has 0 saturated carbocycles. The molecule has 0 unspecified atom stereocenters. The molecule has 2 heterocycles. The second kappa shape index (κ2) is 6.35. The van der Waals surface area contributed by atoms with Gasteiger partial charge in [0.25, 0.3) is 0 Å². The molecule has 1 saturated heterocycles. The number of ether oxygens (including phenoxy) is 1. The van der Waals surface area contributed by atoms with Gasteiger partial charge in [-0.15, -0.1) is 0 Å². The Kier molecular flexibility index (Phi) is 4.52. The number of nitrogens with zero attached hydrogens (tertiary/aromatic N) is 1. The first-order chi connectivity index (χ1) is 8.81. The number of anilines is 1. The molecule has 0 atom stereocenters. The van der Waals surface area contributed by atoms with Crippen molar-refractivity contribution >= 4 is 11.8 Å². The van der Waals surface area contributed by atoms with E-state index in [2.05, 4.69) is 15.6 Å².